The zero-order chi connectivity index (χ0) is 15.7. The summed E-state index contributed by atoms with van der Waals surface area (Å²) >= 11 is 0. The number of nitrogens with zero attached hydrogens (tertiary/aromatic N) is 3. The Kier molecular flexibility index (Phi) is 8.00. The van der Waals surface area contributed by atoms with E-state index in [-0.39, 0.29) is 0 Å². The van der Waals surface area contributed by atoms with Crippen molar-refractivity contribution in [1.29, 1.82) is 0 Å². The van der Waals surface area contributed by atoms with E-state index in [1.54, 1.807) is 14.2 Å². The van der Waals surface area contributed by atoms with Crippen LogP contribution in [0.3, 0.4) is 0 Å². The molecule has 6 heteroatoms. The number of ether oxygens (including phenoxy) is 2. The van der Waals surface area contributed by atoms with Crippen molar-refractivity contribution < 1.29 is 9.47 Å². The van der Waals surface area contributed by atoms with Gasteiger partial charge in [0.2, 0.25) is 0 Å². The number of hydrogen-bond acceptors (Lipinski definition) is 6. The van der Waals surface area contributed by atoms with Gasteiger partial charge in [0.05, 0.1) is 6.61 Å². The zero-order valence-electron chi connectivity index (χ0n) is 13.8. The third-order valence-corrected chi connectivity index (χ3v) is 3.04. The molecule has 1 aromatic rings. The van der Waals surface area contributed by atoms with Crippen LogP contribution in [0.5, 0.6) is 0 Å². The lowest BCUT2D eigenvalue weighted by Crippen LogP contribution is -2.34. The number of methoxy groups -OCH3 is 2. The van der Waals surface area contributed by atoms with E-state index in [1.165, 1.54) is 0 Å². The Bertz CT molecular complexity index is 413. The van der Waals surface area contributed by atoms with Crippen LogP contribution in [0.2, 0.25) is 0 Å². The SMILES string of the molecule is CCCNc1cc(N(CCOC)C(C)C)nc(COC)n1. The van der Waals surface area contributed by atoms with Crippen LogP contribution in [0.4, 0.5) is 11.6 Å². The molecule has 0 aliphatic heterocycles. The molecule has 120 valence electrons. The molecule has 1 N–H and O–H groups in total. The fourth-order valence-electron chi connectivity index (χ4n) is 1.99. The van der Waals surface area contributed by atoms with Gasteiger partial charge in [-0.05, 0) is 20.3 Å². The summed E-state index contributed by atoms with van der Waals surface area (Å²) in [6, 6.07) is 2.33. The van der Waals surface area contributed by atoms with Gasteiger partial charge in [-0.15, -0.1) is 0 Å². The lowest BCUT2D eigenvalue weighted by atomic mass is 10.3. The molecule has 0 aromatic carbocycles. The number of rotatable bonds is 10. The van der Waals surface area contributed by atoms with Crippen LogP contribution in [-0.2, 0) is 16.1 Å². The summed E-state index contributed by atoms with van der Waals surface area (Å²) in [5.41, 5.74) is 0. The van der Waals surface area contributed by atoms with Crippen molar-refractivity contribution >= 4 is 11.6 Å². The van der Waals surface area contributed by atoms with Crippen molar-refractivity contribution in [2.45, 2.75) is 39.8 Å². The molecule has 0 amide bonds. The van der Waals surface area contributed by atoms with Crippen molar-refractivity contribution in [3.63, 3.8) is 0 Å². The first-order chi connectivity index (χ1) is 10.1. The maximum atomic E-state index is 5.19. The van der Waals surface area contributed by atoms with Crippen LogP contribution in [0.15, 0.2) is 6.07 Å². The zero-order valence-corrected chi connectivity index (χ0v) is 13.8. The van der Waals surface area contributed by atoms with E-state index in [9.17, 15) is 0 Å². The van der Waals surface area contributed by atoms with Gasteiger partial charge >= 0.3 is 0 Å². The summed E-state index contributed by atoms with van der Waals surface area (Å²) in [5.74, 6) is 2.44. The Labute approximate surface area is 127 Å². The summed E-state index contributed by atoms with van der Waals surface area (Å²) < 4.78 is 10.4. The molecule has 6 nitrogen and oxygen atoms in total. The van der Waals surface area contributed by atoms with Gasteiger partial charge < -0.3 is 19.7 Å². The molecule has 0 fully saturated rings. The van der Waals surface area contributed by atoms with Crippen LogP contribution in [-0.4, -0.2) is 49.9 Å². The summed E-state index contributed by atoms with van der Waals surface area (Å²) in [4.78, 5) is 11.3. The summed E-state index contributed by atoms with van der Waals surface area (Å²) in [6.07, 6.45) is 1.05. The Hall–Kier alpha value is -1.40. The van der Waals surface area contributed by atoms with Gasteiger partial charge in [-0.25, -0.2) is 9.97 Å². The predicted octanol–water partition coefficient (Wildman–Crippen LogP) is 2.31. The number of aromatic nitrogens is 2. The molecule has 1 heterocycles. The molecule has 0 aliphatic carbocycles. The van der Waals surface area contributed by atoms with E-state index in [2.05, 4.69) is 41.0 Å². The minimum atomic E-state index is 0.337. The van der Waals surface area contributed by atoms with Crippen molar-refractivity contribution in [2.24, 2.45) is 0 Å². The van der Waals surface area contributed by atoms with Crippen molar-refractivity contribution in [3.8, 4) is 0 Å². The van der Waals surface area contributed by atoms with Gasteiger partial charge in [-0.1, -0.05) is 6.92 Å². The lowest BCUT2D eigenvalue weighted by molar-refractivity contribution is 0.178. The van der Waals surface area contributed by atoms with E-state index in [1.807, 2.05) is 6.07 Å². The van der Waals surface area contributed by atoms with E-state index >= 15 is 0 Å². The molecule has 21 heavy (non-hydrogen) atoms. The summed E-state index contributed by atoms with van der Waals surface area (Å²) in [7, 11) is 3.36. The van der Waals surface area contributed by atoms with Gasteiger partial charge in [0, 0.05) is 39.4 Å². The third kappa shape index (κ3) is 5.85. The van der Waals surface area contributed by atoms with E-state index in [0.717, 1.165) is 31.1 Å². The minimum Gasteiger partial charge on any atom is -0.383 e. The Morgan fingerprint density at radius 3 is 2.57 bits per heavy atom. The second kappa shape index (κ2) is 9.52. The lowest BCUT2D eigenvalue weighted by Gasteiger charge is -2.28. The maximum absolute atomic E-state index is 5.19. The van der Waals surface area contributed by atoms with Crippen molar-refractivity contribution in [1.82, 2.24) is 9.97 Å². The van der Waals surface area contributed by atoms with Crippen LogP contribution in [0.1, 0.15) is 33.0 Å². The molecular weight excluding hydrogens is 268 g/mol. The van der Waals surface area contributed by atoms with Crippen LogP contribution >= 0.6 is 0 Å². The number of anilines is 2. The first-order valence-electron chi connectivity index (χ1n) is 7.48. The first-order valence-corrected chi connectivity index (χ1v) is 7.48. The van der Waals surface area contributed by atoms with Gasteiger partial charge in [-0.3, -0.25) is 0 Å². The molecule has 0 aliphatic rings. The Morgan fingerprint density at radius 2 is 2.00 bits per heavy atom. The standard InChI is InChI=1S/C15H28N4O2/c1-6-7-16-13-10-15(18-14(17-13)11-21-5)19(12(2)3)8-9-20-4/h10,12H,6-9,11H2,1-5H3,(H,16,17,18). The molecule has 0 radical (unpaired) electrons. The smallest absolute Gasteiger partial charge is 0.158 e. The van der Waals surface area contributed by atoms with Crippen molar-refractivity contribution in [2.75, 3.05) is 44.1 Å². The fourth-order valence-corrected chi connectivity index (χ4v) is 1.99. The number of nitrogens with one attached hydrogen (secondary N) is 1. The molecule has 0 atom stereocenters. The highest BCUT2D eigenvalue weighted by Gasteiger charge is 2.14. The van der Waals surface area contributed by atoms with Crippen LogP contribution in [0, 0.1) is 0 Å². The molecule has 0 saturated carbocycles. The highest BCUT2D eigenvalue weighted by atomic mass is 16.5. The summed E-state index contributed by atoms with van der Waals surface area (Å²) in [6.45, 7) is 9.18. The second-order valence-electron chi connectivity index (χ2n) is 5.17. The highest BCUT2D eigenvalue weighted by molar-refractivity contribution is 5.50. The molecule has 0 unspecified atom stereocenters. The normalized spacial score (nSPS) is 11.0. The molecule has 0 saturated heterocycles. The molecule has 0 bridgehead atoms. The molecule has 0 spiro atoms. The molecule has 1 rings (SSSR count). The Balaban J connectivity index is 3.02. The third-order valence-electron chi connectivity index (χ3n) is 3.04. The van der Waals surface area contributed by atoms with Crippen molar-refractivity contribution in [3.05, 3.63) is 11.9 Å². The highest BCUT2D eigenvalue weighted by Crippen LogP contribution is 2.18. The topological polar surface area (TPSA) is 59.5 Å². The average molecular weight is 296 g/mol. The Morgan fingerprint density at radius 1 is 1.24 bits per heavy atom. The monoisotopic (exact) mass is 296 g/mol. The van der Waals surface area contributed by atoms with E-state index in [0.29, 0.717) is 25.1 Å². The fraction of sp³-hybridized carbons (Fsp3) is 0.733. The summed E-state index contributed by atoms with van der Waals surface area (Å²) in [5, 5.41) is 3.32. The number of hydrogen-bond donors (Lipinski definition) is 1. The van der Waals surface area contributed by atoms with E-state index in [4.69, 9.17) is 9.47 Å². The van der Waals surface area contributed by atoms with Gasteiger partial charge in [-0.2, -0.15) is 0 Å². The molecule has 1 aromatic heterocycles. The van der Waals surface area contributed by atoms with Crippen LogP contribution in [0.25, 0.3) is 0 Å². The second-order valence-corrected chi connectivity index (χ2v) is 5.17. The van der Waals surface area contributed by atoms with Gasteiger partial charge in [0.1, 0.15) is 18.2 Å². The minimum absolute atomic E-state index is 0.337. The maximum Gasteiger partial charge on any atom is 0.158 e. The predicted molar refractivity (Wildman–Crippen MR) is 85.9 cm³/mol. The molecular formula is C15H28N4O2. The van der Waals surface area contributed by atoms with Crippen LogP contribution < -0.4 is 10.2 Å². The largest absolute Gasteiger partial charge is 0.383 e. The quantitative estimate of drug-likeness (QED) is 0.715. The average Bonchev–Trinajstić information content (AvgIpc) is 2.45. The van der Waals surface area contributed by atoms with E-state index < -0.39 is 0 Å². The first kappa shape index (κ1) is 17.7. The van der Waals surface area contributed by atoms with Gasteiger partial charge in [0.25, 0.3) is 0 Å². The van der Waals surface area contributed by atoms with Gasteiger partial charge in [0.15, 0.2) is 5.82 Å².